The molecule has 0 aliphatic heterocycles. The van der Waals surface area contributed by atoms with Crippen LogP contribution in [0.3, 0.4) is 0 Å². The zero-order valence-corrected chi connectivity index (χ0v) is 10.2. The highest BCUT2D eigenvalue weighted by Gasteiger charge is 2.01. The zero-order valence-electron chi connectivity index (χ0n) is 10.2. The van der Waals surface area contributed by atoms with E-state index in [1.807, 2.05) is 0 Å². The largest absolute Gasteiger partial charge is 0.317 e. The molecule has 1 N–H and O–H groups in total. The quantitative estimate of drug-likeness (QED) is 0.752. The van der Waals surface area contributed by atoms with Gasteiger partial charge in [-0.15, -0.1) is 0 Å². The number of hydrogen-bond acceptors (Lipinski definition) is 1. The molecule has 0 fully saturated rings. The van der Waals surface area contributed by atoms with Gasteiger partial charge in [0, 0.05) is 0 Å². The van der Waals surface area contributed by atoms with Gasteiger partial charge in [0.05, 0.1) is 0 Å². The van der Waals surface area contributed by atoms with Gasteiger partial charge in [0.1, 0.15) is 0 Å². The summed E-state index contributed by atoms with van der Waals surface area (Å²) < 4.78 is 0. The van der Waals surface area contributed by atoms with Crippen molar-refractivity contribution < 1.29 is 0 Å². The predicted molar refractivity (Wildman–Crippen MR) is 67.2 cm³/mol. The molecular formula is C14H23N. The average Bonchev–Trinajstić information content (AvgIpc) is 2.23. The Kier molecular flexibility index (Phi) is 5.41. The Hall–Kier alpha value is -0.820. The average molecular weight is 205 g/mol. The van der Waals surface area contributed by atoms with Crippen LogP contribution >= 0.6 is 0 Å². The molecule has 0 radical (unpaired) electrons. The Labute approximate surface area is 93.9 Å². The van der Waals surface area contributed by atoms with Crippen molar-refractivity contribution in [2.75, 3.05) is 13.1 Å². The molecule has 0 saturated heterocycles. The Bertz CT molecular complexity index is 280. The third-order valence-electron chi connectivity index (χ3n) is 2.75. The molecule has 0 bridgehead atoms. The number of nitrogens with one attached hydrogen (secondary N) is 1. The molecule has 0 heterocycles. The van der Waals surface area contributed by atoms with Crippen LogP contribution in [0, 0.1) is 12.8 Å². The van der Waals surface area contributed by atoms with E-state index >= 15 is 0 Å². The minimum atomic E-state index is 0.769. The second kappa shape index (κ2) is 6.62. The molecule has 0 aliphatic carbocycles. The fourth-order valence-corrected chi connectivity index (χ4v) is 1.77. The molecule has 1 aromatic carbocycles. The van der Waals surface area contributed by atoms with Crippen LogP contribution in [0.4, 0.5) is 0 Å². The summed E-state index contributed by atoms with van der Waals surface area (Å²) in [5.41, 5.74) is 2.84. The summed E-state index contributed by atoms with van der Waals surface area (Å²) in [7, 11) is 0. The minimum absolute atomic E-state index is 0.769. The van der Waals surface area contributed by atoms with E-state index in [0.29, 0.717) is 0 Å². The van der Waals surface area contributed by atoms with Crippen molar-refractivity contribution in [3.8, 4) is 0 Å². The van der Waals surface area contributed by atoms with Crippen LogP contribution in [0.5, 0.6) is 0 Å². The Morgan fingerprint density at radius 3 is 2.80 bits per heavy atom. The molecule has 0 amide bonds. The van der Waals surface area contributed by atoms with E-state index in [2.05, 4.69) is 50.4 Å². The standard InChI is InChI=1S/C14H23N/c1-4-15-11-13(3)8-9-14-7-5-6-12(2)10-14/h5-7,10,13,15H,4,8-9,11H2,1-3H3. The minimum Gasteiger partial charge on any atom is -0.317 e. The Morgan fingerprint density at radius 2 is 2.13 bits per heavy atom. The van der Waals surface area contributed by atoms with E-state index < -0.39 is 0 Å². The van der Waals surface area contributed by atoms with Crippen molar-refractivity contribution in [1.29, 1.82) is 0 Å². The van der Waals surface area contributed by atoms with Crippen molar-refractivity contribution in [3.05, 3.63) is 35.4 Å². The molecule has 84 valence electrons. The molecule has 0 aliphatic rings. The van der Waals surface area contributed by atoms with Gasteiger partial charge in [0.2, 0.25) is 0 Å². The lowest BCUT2D eigenvalue weighted by Gasteiger charge is -2.11. The van der Waals surface area contributed by atoms with Crippen LogP contribution in [0.15, 0.2) is 24.3 Å². The van der Waals surface area contributed by atoms with E-state index in [1.54, 1.807) is 0 Å². The van der Waals surface area contributed by atoms with Gasteiger partial charge >= 0.3 is 0 Å². The topological polar surface area (TPSA) is 12.0 Å². The first-order chi connectivity index (χ1) is 7.22. The van der Waals surface area contributed by atoms with Crippen LogP contribution in [-0.2, 0) is 6.42 Å². The molecule has 1 heteroatoms. The monoisotopic (exact) mass is 205 g/mol. The van der Waals surface area contributed by atoms with Gasteiger partial charge in [-0.05, 0) is 44.3 Å². The van der Waals surface area contributed by atoms with E-state index in [9.17, 15) is 0 Å². The molecule has 0 saturated carbocycles. The highest BCUT2D eigenvalue weighted by Crippen LogP contribution is 2.10. The van der Waals surface area contributed by atoms with Gasteiger partial charge in [-0.25, -0.2) is 0 Å². The zero-order chi connectivity index (χ0) is 11.1. The van der Waals surface area contributed by atoms with Gasteiger partial charge in [-0.2, -0.15) is 0 Å². The fourth-order valence-electron chi connectivity index (χ4n) is 1.77. The molecule has 1 aromatic rings. The summed E-state index contributed by atoms with van der Waals surface area (Å²) in [4.78, 5) is 0. The summed E-state index contributed by atoms with van der Waals surface area (Å²) in [6.45, 7) is 8.86. The lowest BCUT2D eigenvalue weighted by atomic mass is 10.00. The van der Waals surface area contributed by atoms with E-state index in [1.165, 1.54) is 24.0 Å². The summed E-state index contributed by atoms with van der Waals surface area (Å²) in [5, 5.41) is 3.40. The van der Waals surface area contributed by atoms with Crippen molar-refractivity contribution in [2.24, 2.45) is 5.92 Å². The molecule has 1 nitrogen and oxygen atoms in total. The predicted octanol–water partition coefficient (Wildman–Crippen LogP) is 3.17. The van der Waals surface area contributed by atoms with Crippen LogP contribution in [0.25, 0.3) is 0 Å². The van der Waals surface area contributed by atoms with Crippen LogP contribution in [0.1, 0.15) is 31.4 Å². The molecule has 15 heavy (non-hydrogen) atoms. The fraction of sp³-hybridized carbons (Fsp3) is 0.571. The number of hydrogen-bond donors (Lipinski definition) is 1. The smallest absolute Gasteiger partial charge is 0.00232 e. The second-order valence-electron chi connectivity index (χ2n) is 4.44. The lowest BCUT2D eigenvalue weighted by molar-refractivity contribution is 0.489. The first-order valence-electron chi connectivity index (χ1n) is 5.98. The maximum atomic E-state index is 3.40. The summed E-state index contributed by atoms with van der Waals surface area (Å²) >= 11 is 0. The Morgan fingerprint density at radius 1 is 1.33 bits per heavy atom. The molecule has 1 rings (SSSR count). The van der Waals surface area contributed by atoms with Crippen molar-refractivity contribution in [3.63, 3.8) is 0 Å². The normalized spacial score (nSPS) is 12.7. The second-order valence-corrected chi connectivity index (χ2v) is 4.44. The molecular weight excluding hydrogens is 182 g/mol. The van der Waals surface area contributed by atoms with Crippen molar-refractivity contribution >= 4 is 0 Å². The molecule has 1 atom stereocenters. The van der Waals surface area contributed by atoms with E-state index in [0.717, 1.165) is 19.0 Å². The van der Waals surface area contributed by atoms with E-state index in [4.69, 9.17) is 0 Å². The first-order valence-corrected chi connectivity index (χ1v) is 5.98. The van der Waals surface area contributed by atoms with Gasteiger partial charge in [-0.3, -0.25) is 0 Å². The maximum absolute atomic E-state index is 3.40. The summed E-state index contributed by atoms with van der Waals surface area (Å²) in [5.74, 6) is 0.769. The SMILES string of the molecule is CCNCC(C)CCc1cccc(C)c1. The molecule has 0 aromatic heterocycles. The number of rotatable bonds is 6. The van der Waals surface area contributed by atoms with Crippen molar-refractivity contribution in [2.45, 2.75) is 33.6 Å². The maximum Gasteiger partial charge on any atom is -0.00232 e. The number of benzene rings is 1. The first kappa shape index (κ1) is 12.3. The van der Waals surface area contributed by atoms with Gasteiger partial charge in [0.25, 0.3) is 0 Å². The van der Waals surface area contributed by atoms with Crippen LogP contribution < -0.4 is 5.32 Å². The summed E-state index contributed by atoms with van der Waals surface area (Å²) in [6, 6.07) is 8.83. The van der Waals surface area contributed by atoms with Gasteiger partial charge in [-0.1, -0.05) is 43.7 Å². The van der Waals surface area contributed by atoms with Crippen LogP contribution in [-0.4, -0.2) is 13.1 Å². The highest BCUT2D eigenvalue weighted by molar-refractivity contribution is 5.22. The molecule has 1 unspecified atom stereocenters. The van der Waals surface area contributed by atoms with Gasteiger partial charge < -0.3 is 5.32 Å². The highest BCUT2D eigenvalue weighted by atomic mass is 14.8. The molecule has 0 spiro atoms. The third kappa shape index (κ3) is 4.98. The van der Waals surface area contributed by atoms with Gasteiger partial charge in [0.15, 0.2) is 0 Å². The number of aryl methyl sites for hydroxylation is 2. The lowest BCUT2D eigenvalue weighted by Crippen LogP contribution is -2.20. The third-order valence-corrected chi connectivity index (χ3v) is 2.75. The summed E-state index contributed by atoms with van der Waals surface area (Å²) in [6.07, 6.45) is 2.48. The van der Waals surface area contributed by atoms with E-state index in [-0.39, 0.29) is 0 Å². The van der Waals surface area contributed by atoms with Crippen LogP contribution in [0.2, 0.25) is 0 Å². The Balaban J connectivity index is 2.30. The van der Waals surface area contributed by atoms with Crippen molar-refractivity contribution in [1.82, 2.24) is 5.32 Å².